The number of piperidine rings is 2. The molecule has 0 radical (unpaired) electrons. The van der Waals surface area contributed by atoms with E-state index in [0.717, 1.165) is 38.9 Å². The quantitative estimate of drug-likeness (QED) is 0.862. The maximum Gasteiger partial charge on any atom is 0.222 e. The van der Waals surface area contributed by atoms with Crippen LogP contribution in [0.1, 0.15) is 38.2 Å². The molecule has 122 valence electrons. The van der Waals surface area contributed by atoms with Gasteiger partial charge in [-0.15, -0.1) is 0 Å². The fourth-order valence-corrected chi connectivity index (χ4v) is 3.64. The zero-order valence-corrected chi connectivity index (χ0v) is 13.9. The third kappa shape index (κ3) is 3.73. The molecular weight excluding hydrogens is 286 g/mol. The Kier molecular flexibility index (Phi) is 4.68. The van der Waals surface area contributed by atoms with Crippen LogP contribution in [-0.4, -0.2) is 41.4 Å². The van der Waals surface area contributed by atoms with Gasteiger partial charge in [-0.3, -0.25) is 9.69 Å². The smallest absolute Gasteiger partial charge is 0.222 e. The lowest BCUT2D eigenvalue weighted by molar-refractivity contribution is -0.136. The second-order valence-electron chi connectivity index (χ2n) is 7.16. The predicted octanol–water partition coefficient (Wildman–Crippen LogP) is 2.80. The van der Waals surface area contributed by atoms with Crippen LogP contribution in [0.25, 0.3) is 0 Å². The molecule has 1 atom stereocenters. The molecule has 0 unspecified atom stereocenters. The minimum absolute atomic E-state index is 0.162. The van der Waals surface area contributed by atoms with Crippen LogP contribution in [0.4, 0.5) is 0 Å². The highest BCUT2D eigenvalue weighted by atomic mass is 16.2. The van der Waals surface area contributed by atoms with Gasteiger partial charge in [-0.05, 0) is 31.7 Å². The van der Waals surface area contributed by atoms with Gasteiger partial charge in [0.25, 0.3) is 0 Å². The first-order valence-corrected chi connectivity index (χ1v) is 8.57. The van der Waals surface area contributed by atoms with Gasteiger partial charge < -0.3 is 4.90 Å². The number of carbonyl (C=O) groups excluding carboxylic acids is 1. The number of likely N-dealkylation sites (tertiary alicyclic amines) is 2. The Bertz CT molecular complexity index is 584. The highest BCUT2D eigenvalue weighted by Crippen LogP contribution is 2.32. The molecule has 2 aliphatic heterocycles. The molecule has 0 aliphatic carbocycles. The van der Waals surface area contributed by atoms with Crippen molar-refractivity contribution in [3.63, 3.8) is 0 Å². The molecule has 1 aromatic carbocycles. The number of benzene rings is 1. The van der Waals surface area contributed by atoms with Crippen molar-refractivity contribution in [2.75, 3.05) is 19.6 Å². The molecule has 23 heavy (non-hydrogen) atoms. The summed E-state index contributed by atoms with van der Waals surface area (Å²) in [7, 11) is 0. The van der Waals surface area contributed by atoms with Crippen molar-refractivity contribution >= 4 is 5.91 Å². The maximum absolute atomic E-state index is 12.2. The first-order chi connectivity index (χ1) is 11.1. The monoisotopic (exact) mass is 311 g/mol. The van der Waals surface area contributed by atoms with Gasteiger partial charge in [-0.2, -0.15) is 5.26 Å². The number of carbonyl (C=O) groups is 1. The third-order valence-corrected chi connectivity index (χ3v) is 5.38. The molecular formula is C19H25N3O. The molecule has 0 saturated carbocycles. The Morgan fingerprint density at radius 2 is 1.96 bits per heavy atom. The minimum Gasteiger partial charge on any atom is -0.337 e. The fourth-order valence-electron chi connectivity index (χ4n) is 3.64. The number of rotatable bonds is 3. The number of hydrogen-bond acceptors (Lipinski definition) is 3. The van der Waals surface area contributed by atoms with Gasteiger partial charge in [0.15, 0.2) is 0 Å². The van der Waals surface area contributed by atoms with Crippen molar-refractivity contribution in [1.82, 2.24) is 9.80 Å². The number of amides is 1. The summed E-state index contributed by atoms with van der Waals surface area (Å²) in [6.07, 6.45) is 3.47. The lowest BCUT2D eigenvalue weighted by atomic mass is 9.81. The molecule has 0 aromatic heterocycles. The molecule has 4 nitrogen and oxygen atoms in total. The summed E-state index contributed by atoms with van der Waals surface area (Å²) in [5, 5.41) is 9.27. The van der Waals surface area contributed by atoms with E-state index in [1.165, 1.54) is 5.56 Å². The van der Waals surface area contributed by atoms with E-state index in [9.17, 15) is 10.1 Å². The van der Waals surface area contributed by atoms with E-state index < -0.39 is 0 Å². The molecule has 0 N–H and O–H groups in total. The SMILES string of the molecule is CC1(C#N)CCN([C@H]2CCC(=O)N(Cc3ccccc3)C2)CC1. The van der Waals surface area contributed by atoms with E-state index in [2.05, 4.69) is 30.0 Å². The second-order valence-corrected chi connectivity index (χ2v) is 7.16. The molecule has 3 rings (SSSR count). The summed E-state index contributed by atoms with van der Waals surface area (Å²) in [5.41, 5.74) is 1.03. The molecule has 1 aromatic rings. The van der Waals surface area contributed by atoms with Crippen molar-refractivity contribution in [1.29, 1.82) is 5.26 Å². The van der Waals surface area contributed by atoms with Crippen molar-refractivity contribution in [3.8, 4) is 6.07 Å². The lowest BCUT2D eigenvalue weighted by Gasteiger charge is -2.43. The standard InChI is InChI=1S/C19H25N3O/c1-19(15-20)9-11-21(12-10-19)17-7-8-18(23)22(14-17)13-16-5-3-2-4-6-16/h2-6,17H,7-14H2,1H3/t17-/m0/s1. The van der Waals surface area contributed by atoms with E-state index in [0.29, 0.717) is 19.0 Å². The largest absolute Gasteiger partial charge is 0.337 e. The lowest BCUT2D eigenvalue weighted by Crippen LogP contribution is -2.52. The van der Waals surface area contributed by atoms with E-state index in [1.54, 1.807) is 0 Å². The summed E-state index contributed by atoms with van der Waals surface area (Å²) >= 11 is 0. The van der Waals surface area contributed by atoms with Gasteiger partial charge in [-0.25, -0.2) is 0 Å². The van der Waals surface area contributed by atoms with E-state index in [1.807, 2.05) is 23.1 Å². The van der Waals surface area contributed by atoms with Crippen LogP contribution in [-0.2, 0) is 11.3 Å². The molecule has 2 heterocycles. The second kappa shape index (κ2) is 6.72. The third-order valence-electron chi connectivity index (χ3n) is 5.38. The zero-order valence-electron chi connectivity index (χ0n) is 13.9. The summed E-state index contributed by atoms with van der Waals surface area (Å²) in [4.78, 5) is 16.7. The maximum atomic E-state index is 12.2. The fraction of sp³-hybridized carbons (Fsp3) is 0.579. The van der Waals surface area contributed by atoms with E-state index >= 15 is 0 Å². The molecule has 1 amide bonds. The number of nitriles is 1. The van der Waals surface area contributed by atoms with Crippen LogP contribution in [0.5, 0.6) is 0 Å². The highest BCUT2D eigenvalue weighted by molar-refractivity contribution is 5.77. The molecule has 2 aliphatic rings. The first-order valence-electron chi connectivity index (χ1n) is 8.57. The number of nitrogens with zero attached hydrogens (tertiary/aromatic N) is 3. The summed E-state index contributed by atoms with van der Waals surface area (Å²) < 4.78 is 0. The molecule has 2 saturated heterocycles. The van der Waals surface area contributed by atoms with Crippen LogP contribution in [0.15, 0.2) is 30.3 Å². The predicted molar refractivity (Wildman–Crippen MR) is 89.4 cm³/mol. The normalized spacial score (nSPS) is 25.1. The summed E-state index contributed by atoms with van der Waals surface area (Å²) in [5.74, 6) is 0.268. The van der Waals surface area contributed by atoms with Crippen LogP contribution in [0.2, 0.25) is 0 Å². The molecule has 0 bridgehead atoms. The van der Waals surface area contributed by atoms with Gasteiger partial charge in [-0.1, -0.05) is 30.3 Å². The molecule has 0 spiro atoms. The highest BCUT2D eigenvalue weighted by Gasteiger charge is 2.35. The Balaban J connectivity index is 1.60. The average molecular weight is 311 g/mol. The van der Waals surface area contributed by atoms with Gasteiger partial charge in [0.1, 0.15) is 0 Å². The van der Waals surface area contributed by atoms with Crippen LogP contribution in [0.3, 0.4) is 0 Å². The van der Waals surface area contributed by atoms with Gasteiger partial charge in [0, 0.05) is 38.6 Å². The van der Waals surface area contributed by atoms with Crippen LogP contribution < -0.4 is 0 Å². The van der Waals surface area contributed by atoms with Gasteiger partial charge in [0.05, 0.1) is 11.5 Å². The molecule has 4 heteroatoms. The zero-order chi connectivity index (χ0) is 16.3. The van der Waals surface area contributed by atoms with Crippen molar-refractivity contribution in [2.24, 2.45) is 5.41 Å². The Morgan fingerprint density at radius 3 is 2.61 bits per heavy atom. The minimum atomic E-state index is -0.162. The van der Waals surface area contributed by atoms with Crippen molar-refractivity contribution < 1.29 is 4.79 Å². The average Bonchev–Trinajstić information content (AvgIpc) is 2.59. The first kappa shape index (κ1) is 16.0. The Morgan fingerprint density at radius 1 is 1.26 bits per heavy atom. The Labute approximate surface area is 138 Å². The molecule has 2 fully saturated rings. The summed E-state index contributed by atoms with van der Waals surface area (Å²) in [6.45, 7) is 5.54. The number of hydrogen-bond donors (Lipinski definition) is 0. The Hall–Kier alpha value is -1.86. The topological polar surface area (TPSA) is 47.3 Å². The van der Waals surface area contributed by atoms with Crippen LogP contribution >= 0.6 is 0 Å². The summed E-state index contributed by atoms with van der Waals surface area (Å²) in [6, 6.07) is 13.1. The van der Waals surface area contributed by atoms with Crippen LogP contribution in [0, 0.1) is 16.7 Å². The van der Waals surface area contributed by atoms with Crippen molar-refractivity contribution in [3.05, 3.63) is 35.9 Å². The van der Waals surface area contributed by atoms with Gasteiger partial charge in [0.2, 0.25) is 5.91 Å². The van der Waals surface area contributed by atoms with Gasteiger partial charge >= 0.3 is 0 Å². The van der Waals surface area contributed by atoms with Crippen molar-refractivity contribution in [2.45, 2.75) is 45.2 Å². The van der Waals surface area contributed by atoms with E-state index in [4.69, 9.17) is 0 Å². The van der Waals surface area contributed by atoms with E-state index in [-0.39, 0.29) is 11.3 Å².